The zero-order chi connectivity index (χ0) is 25.3. The van der Waals surface area contributed by atoms with Gasteiger partial charge in [0.1, 0.15) is 5.75 Å². The second kappa shape index (κ2) is 12.0. The average Bonchev–Trinajstić information content (AvgIpc) is 2.86. The Balaban J connectivity index is 1.41. The Morgan fingerprint density at radius 1 is 0.971 bits per heavy atom. The van der Waals surface area contributed by atoms with Crippen LogP contribution in [0.15, 0.2) is 66.9 Å². The van der Waals surface area contributed by atoms with E-state index < -0.39 is 11.7 Å². The summed E-state index contributed by atoms with van der Waals surface area (Å²) < 4.78 is 48.3. The molecule has 0 aliphatic rings. The van der Waals surface area contributed by atoms with Crippen molar-refractivity contribution in [1.82, 2.24) is 10.3 Å². The van der Waals surface area contributed by atoms with E-state index in [1.807, 2.05) is 6.07 Å². The number of nitrogens with one attached hydrogen (secondary N) is 1. The van der Waals surface area contributed by atoms with Crippen LogP contribution >= 0.6 is 0 Å². The van der Waals surface area contributed by atoms with Gasteiger partial charge in [0.15, 0.2) is 0 Å². The van der Waals surface area contributed by atoms with E-state index in [-0.39, 0.29) is 24.8 Å². The second-order valence-electron chi connectivity index (χ2n) is 7.69. The first-order valence-corrected chi connectivity index (χ1v) is 11.0. The van der Waals surface area contributed by atoms with E-state index >= 15 is 0 Å². The van der Waals surface area contributed by atoms with Crippen molar-refractivity contribution in [2.45, 2.75) is 25.4 Å². The summed E-state index contributed by atoms with van der Waals surface area (Å²) >= 11 is 0. The summed E-state index contributed by atoms with van der Waals surface area (Å²) in [5.74, 6) is -0.0421. The number of aromatic nitrogens is 1. The fourth-order valence-electron chi connectivity index (χ4n) is 3.22. The molecule has 3 aromatic rings. The molecule has 0 atom stereocenters. The lowest BCUT2D eigenvalue weighted by Crippen LogP contribution is -2.26. The molecule has 3 rings (SSSR count). The van der Waals surface area contributed by atoms with Crippen molar-refractivity contribution < 1.29 is 32.2 Å². The summed E-state index contributed by atoms with van der Waals surface area (Å²) in [7, 11) is 1.29. The average molecular weight is 486 g/mol. The van der Waals surface area contributed by atoms with E-state index in [2.05, 4.69) is 15.0 Å². The van der Waals surface area contributed by atoms with Crippen LogP contribution in [0.3, 0.4) is 0 Å². The first kappa shape index (κ1) is 25.7. The number of methoxy groups -OCH3 is 1. The number of halogens is 3. The van der Waals surface area contributed by atoms with Crippen molar-refractivity contribution >= 4 is 11.9 Å². The zero-order valence-corrected chi connectivity index (χ0v) is 19.1. The predicted octanol–water partition coefficient (Wildman–Crippen LogP) is 5.07. The Morgan fingerprint density at radius 2 is 1.69 bits per heavy atom. The molecule has 1 N–H and O–H groups in total. The molecule has 1 aromatic heterocycles. The van der Waals surface area contributed by atoms with Crippen LogP contribution < -0.4 is 10.1 Å². The fourth-order valence-corrected chi connectivity index (χ4v) is 3.22. The molecular formula is C26H25F3N2O4. The van der Waals surface area contributed by atoms with E-state index in [0.717, 1.165) is 30.5 Å². The highest BCUT2D eigenvalue weighted by Crippen LogP contribution is 2.30. The number of aryl methyl sites for hydroxylation is 1. The van der Waals surface area contributed by atoms with Gasteiger partial charge < -0.3 is 14.8 Å². The summed E-state index contributed by atoms with van der Waals surface area (Å²) in [5, 5.41) is 2.65. The molecule has 0 spiro atoms. The van der Waals surface area contributed by atoms with E-state index in [0.29, 0.717) is 29.2 Å². The van der Waals surface area contributed by atoms with Crippen molar-refractivity contribution in [2.75, 3.05) is 20.3 Å². The van der Waals surface area contributed by atoms with Crippen LogP contribution in [0.5, 0.6) is 5.75 Å². The number of rotatable bonds is 10. The number of pyridine rings is 1. The number of hydrogen-bond acceptors (Lipinski definition) is 5. The Hall–Kier alpha value is -3.88. The predicted molar refractivity (Wildman–Crippen MR) is 124 cm³/mol. The van der Waals surface area contributed by atoms with Crippen LogP contribution in [-0.4, -0.2) is 37.1 Å². The molecule has 1 heterocycles. The molecule has 0 saturated carbocycles. The lowest BCUT2D eigenvalue weighted by molar-refractivity contribution is -0.140. The van der Waals surface area contributed by atoms with E-state index in [1.54, 1.807) is 36.5 Å². The van der Waals surface area contributed by atoms with Gasteiger partial charge in [-0.25, -0.2) is 0 Å². The monoisotopic (exact) mass is 486 g/mol. The molecule has 1 amide bonds. The maximum atomic E-state index is 12.7. The van der Waals surface area contributed by atoms with Gasteiger partial charge in [0.25, 0.3) is 5.91 Å². The molecule has 6 nitrogen and oxygen atoms in total. The van der Waals surface area contributed by atoms with Crippen molar-refractivity contribution in [2.24, 2.45) is 0 Å². The van der Waals surface area contributed by atoms with Crippen LogP contribution in [-0.2, 0) is 22.1 Å². The fraction of sp³-hybridized carbons (Fsp3) is 0.269. The molecule has 2 aromatic carbocycles. The van der Waals surface area contributed by atoms with Gasteiger partial charge in [-0.2, -0.15) is 13.2 Å². The highest BCUT2D eigenvalue weighted by atomic mass is 19.4. The van der Waals surface area contributed by atoms with Crippen molar-refractivity contribution in [3.63, 3.8) is 0 Å². The molecule has 0 aliphatic carbocycles. The lowest BCUT2D eigenvalue weighted by Gasteiger charge is -2.09. The number of carbonyl (C=O) groups excluding carboxylic acids is 2. The van der Waals surface area contributed by atoms with E-state index in [4.69, 9.17) is 4.74 Å². The summed E-state index contributed by atoms with van der Waals surface area (Å²) in [5.41, 5.74) is 1.98. The third-order valence-electron chi connectivity index (χ3n) is 5.17. The van der Waals surface area contributed by atoms with Gasteiger partial charge in [-0.15, -0.1) is 0 Å². The molecule has 0 bridgehead atoms. The van der Waals surface area contributed by atoms with Crippen molar-refractivity contribution in [3.8, 4) is 17.0 Å². The third kappa shape index (κ3) is 7.84. The van der Waals surface area contributed by atoms with Crippen LogP contribution in [0.4, 0.5) is 13.2 Å². The van der Waals surface area contributed by atoms with Crippen molar-refractivity contribution in [1.29, 1.82) is 0 Å². The van der Waals surface area contributed by atoms with Gasteiger partial charge in [0.2, 0.25) is 0 Å². The minimum Gasteiger partial charge on any atom is -0.494 e. The highest BCUT2D eigenvalue weighted by molar-refractivity contribution is 5.94. The SMILES string of the molecule is COC(=O)CCNC(=O)c1ccc(OCCCc2ccc(-c3ccc(C(F)(F)F)cc3)nc2)cc1. The molecule has 35 heavy (non-hydrogen) atoms. The Bertz CT molecular complexity index is 1110. The van der Waals surface area contributed by atoms with Gasteiger partial charge in [-0.05, 0) is 60.9 Å². The summed E-state index contributed by atoms with van der Waals surface area (Å²) in [6.07, 6.45) is -1.09. The molecule has 0 saturated heterocycles. The van der Waals surface area contributed by atoms with E-state index in [9.17, 15) is 22.8 Å². The van der Waals surface area contributed by atoms with Gasteiger partial charge >= 0.3 is 12.1 Å². The summed E-state index contributed by atoms with van der Waals surface area (Å²) in [6.45, 7) is 0.662. The minimum atomic E-state index is -4.36. The van der Waals surface area contributed by atoms with Gasteiger partial charge in [-0.1, -0.05) is 18.2 Å². The van der Waals surface area contributed by atoms with Crippen LogP contribution in [0.25, 0.3) is 11.3 Å². The third-order valence-corrected chi connectivity index (χ3v) is 5.17. The lowest BCUT2D eigenvalue weighted by atomic mass is 10.1. The quantitative estimate of drug-likeness (QED) is 0.320. The number of ether oxygens (including phenoxy) is 2. The summed E-state index contributed by atoms with van der Waals surface area (Å²) in [4.78, 5) is 27.5. The first-order valence-electron chi connectivity index (χ1n) is 11.0. The van der Waals surface area contributed by atoms with Gasteiger partial charge in [0.05, 0.1) is 31.4 Å². The zero-order valence-electron chi connectivity index (χ0n) is 19.1. The first-order chi connectivity index (χ1) is 16.8. The normalized spacial score (nSPS) is 11.1. The molecule has 0 fully saturated rings. The maximum Gasteiger partial charge on any atom is 0.416 e. The smallest absolute Gasteiger partial charge is 0.416 e. The van der Waals surface area contributed by atoms with Gasteiger partial charge in [0, 0.05) is 23.9 Å². The molecule has 9 heteroatoms. The molecule has 0 unspecified atom stereocenters. The van der Waals surface area contributed by atoms with Crippen molar-refractivity contribution in [3.05, 3.63) is 83.6 Å². The Morgan fingerprint density at radius 3 is 2.29 bits per heavy atom. The van der Waals surface area contributed by atoms with Crippen LogP contribution in [0, 0.1) is 0 Å². The second-order valence-corrected chi connectivity index (χ2v) is 7.69. The number of alkyl halides is 3. The number of nitrogens with zero attached hydrogens (tertiary/aromatic N) is 1. The van der Waals surface area contributed by atoms with Crippen LogP contribution in [0.1, 0.15) is 34.3 Å². The maximum absolute atomic E-state index is 12.7. The standard InChI is InChI=1S/C26H25F3N2O4/c1-34-24(32)14-15-30-25(33)20-7-11-22(12-8-20)35-16-2-3-18-4-13-23(31-17-18)19-5-9-21(10-6-19)26(27,28)29/h4-13,17H,2-3,14-16H2,1H3,(H,30,33). The highest BCUT2D eigenvalue weighted by Gasteiger charge is 2.30. The Labute approximate surface area is 201 Å². The molecular weight excluding hydrogens is 461 g/mol. The number of carbonyl (C=O) groups is 2. The molecule has 0 radical (unpaired) electrons. The number of hydrogen-bond donors (Lipinski definition) is 1. The topological polar surface area (TPSA) is 77.5 Å². The number of benzene rings is 2. The van der Waals surface area contributed by atoms with Crippen LogP contribution in [0.2, 0.25) is 0 Å². The Kier molecular flexibility index (Phi) is 8.83. The van der Waals surface area contributed by atoms with E-state index in [1.165, 1.54) is 19.2 Å². The number of amides is 1. The van der Waals surface area contributed by atoms with Gasteiger partial charge in [-0.3, -0.25) is 14.6 Å². The molecule has 0 aliphatic heterocycles. The summed E-state index contributed by atoms with van der Waals surface area (Å²) in [6, 6.07) is 15.3. The number of esters is 1. The largest absolute Gasteiger partial charge is 0.494 e. The molecule has 184 valence electrons. The minimum absolute atomic E-state index is 0.108.